The number of piperidine rings is 1. The van der Waals surface area contributed by atoms with Crippen molar-refractivity contribution in [3.8, 4) is 17.2 Å². The predicted molar refractivity (Wildman–Crippen MR) is 101 cm³/mol. The van der Waals surface area contributed by atoms with E-state index in [9.17, 15) is 4.79 Å². The molecular weight excluding hydrogens is 346 g/mol. The van der Waals surface area contributed by atoms with Crippen LogP contribution in [0, 0.1) is 0 Å². The van der Waals surface area contributed by atoms with Crippen LogP contribution < -0.4 is 24.8 Å². The fourth-order valence-electron chi connectivity index (χ4n) is 3.01. The fourth-order valence-corrected chi connectivity index (χ4v) is 3.01. The normalized spacial score (nSPS) is 14.4. The molecule has 142 valence electrons. The first kappa shape index (κ1) is 21.2. The molecule has 1 aromatic carbocycles. The maximum Gasteiger partial charge on any atom is 0.319 e. The van der Waals surface area contributed by atoms with E-state index >= 15 is 0 Å². The van der Waals surface area contributed by atoms with E-state index in [2.05, 4.69) is 4.90 Å². The minimum atomic E-state index is -0.499. The Bertz CT molecular complexity index is 540. The molecule has 0 atom stereocenters. The smallest absolute Gasteiger partial charge is 0.319 e. The van der Waals surface area contributed by atoms with Crippen molar-refractivity contribution in [1.82, 2.24) is 4.90 Å². The number of amides is 2. The highest BCUT2D eigenvalue weighted by molar-refractivity contribution is 5.91. The Hall–Kier alpha value is -1.86. The summed E-state index contributed by atoms with van der Waals surface area (Å²) in [6.07, 6.45) is 3.70. The number of ether oxygens (including phenoxy) is 3. The number of likely N-dealkylation sites (tertiary alicyclic amines) is 1. The van der Waals surface area contributed by atoms with E-state index in [4.69, 9.17) is 19.9 Å². The van der Waals surface area contributed by atoms with Crippen molar-refractivity contribution >= 4 is 24.1 Å². The maximum atomic E-state index is 11.9. The fraction of sp³-hybridized carbons (Fsp3) is 0.588. The lowest BCUT2D eigenvalue weighted by atomic mass is 10.1. The second-order valence-corrected chi connectivity index (χ2v) is 5.78. The van der Waals surface area contributed by atoms with Crippen LogP contribution in [0.4, 0.5) is 10.5 Å². The number of methoxy groups -OCH3 is 3. The van der Waals surface area contributed by atoms with E-state index < -0.39 is 6.03 Å². The number of urea groups is 1. The summed E-state index contributed by atoms with van der Waals surface area (Å²) in [4.78, 5) is 15.8. The Labute approximate surface area is 155 Å². The van der Waals surface area contributed by atoms with E-state index in [0.29, 0.717) is 29.5 Å². The number of primary amides is 1. The first-order valence-electron chi connectivity index (χ1n) is 8.20. The molecule has 2 amide bonds. The molecular formula is C17H28ClN3O4. The summed E-state index contributed by atoms with van der Waals surface area (Å²) in [6, 6.07) is 2.98. The quantitative estimate of drug-likeness (QED) is 0.794. The van der Waals surface area contributed by atoms with Crippen molar-refractivity contribution < 1.29 is 19.0 Å². The zero-order chi connectivity index (χ0) is 17.5. The average Bonchev–Trinajstić information content (AvgIpc) is 2.61. The summed E-state index contributed by atoms with van der Waals surface area (Å²) >= 11 is 0. The number of carbonyl (C=O) groups excluding carboxylic acids is 1. The standard InChI is InChI=1S/C17H27N3O4.ClH/c1-22-14-11-13(12-15(23-2)16(14)24-3)20(17(18)21)10-9-19-7-5-4-6-8-19;/h11-12H,4-10H2,1-3H3,(H2,18,21);1H. The van der Waals surface area contributed by atoms with Gasteiger partial charge in [0.05, 0.1) is 27.0 Å². The molecule has 1 aliphatic heterocycles. The molecule has 1 saturated heterocycles. The van der Waals surface area contributed by atoms with Gasteiger partial charge in [0.15, 0.2) is 11.5 Å². The van der Waals surface area contributed by atoms with Crippen LogP contribution in [0.5, 0.6) is 17.2 Å². The molecule has 0 aliphatic carbocycles. The summed E-state index contributed by atoms with van der Waals surface area (Å²) in [5, 5.41) is 0. The highest BCUT2D eigenvalue weighted by atomic mass is 35.5. The molecule has 0 aromatic heterocycles. The van der Waals surface area contributed by atoms with Gasteiger partial charge in [-0.25, -0.2) is 4.79 Å². The summed E-state index contributed by atoms with van der Waals surface area (Å²) in [7, 11) is 4.63. The van der Waals surface area contributed by atoms with Gasteiger partial charge in [0.25, 0.3) is 0 Å². The number of halogens is 1. The molecule has 0 spiro atoms. The van der Waals surface area contributed by atoms with E-state index in [1.165, 1.54) is 19.3 Å². The van der Waals surface area contributed by atoms with Gasteiger partial charge in [-0.15, -0.1) is 12.4 Å². The molecule has 2 rings (SSSR count). The van der Waals surface area contributed by atoms with Gasteiger partial charge in [0, 0.05) is 25.2 Å². The van der Waals surface area contributed by atoms with Gasteiger partial charge in [0.2, 0.25) is 5.75 Å². The second kappa shape index (κ2) is 10.2. The van der Waals surface area contributed by atoms with E-state index in [0.717, 1.165) is 19.6 Å². The van der Waals surface area contributed by atoms with Gasteiger partial charge in [-0.1, -0.05) is 6.42 Å². The Morgan fingerprint density at radius 2 is 1.64 bits per heavy atom. The van der Waals surface area contributed by atoms with Crippen LogP contribution in [0.3, 0.4) is 0 Å². The van der Waals surface area contributed by atoms with Crippen LogP contribution in [-0.4, -0.2) is 58.4 Å². The number of hydrogen-bond donors (Lipinski definition) is 1. The molecule has 1 aliphatic rings. The minimum Gasteiger partial charge on any atom is -0.493 e. The average molecular weight is 374 g/mol. The highest BCUT2D eigenvalue weighted by Crippen LogP contribution is 2.41. The molecule has 2 N–H and O–H groups in total. The van der Waals surface area contributed by atoms with Crippen molar-refractivity contribution in [3.05, 3.63) is 12.1 Å². The predicted octanol–water partition coefficient (Wildman–Crippen LogP) is 2.51. The topological polar surface area (TPSA) is 77.3 Å². The number of nitrogens with zero attached hydrogens (tertiary/aromatic N) is 2. The third-order valence-corrected chi connectivity index (χ3v) is 4.32. The Morgan fingerprint density at radius 3 is 2.08 bits per heavy atom. The van der Waals surface area contributed by atoms with Crippen LogP contribution in [-0.2, 0) is 0 Å². The van der Waals surface area contributed by atoms with Crippen molar-refractivity contribution in [2.24, 2.45) is 5.73 Å². The van der Waals surface area contributed by atoms with Crippen molar-refractivity contribution in [3.63, 3.8) is 0 Å². The van der Waals surface area contributed by atoms with Crippen molar-refractivity contribution in [1.29, 1.82) is 0 Å². The van der Waals surface area contributed by atoms with E-state index in [1.807, 2.05) is 0 Å². The molecule has 0 saturated carbocycles. The molecule has 1 aromatic rings. The lowest BCUT2D eigenvalue weighted by Crippen LogP contribution is -2.43. The van der Waals surface area contributed by atoms with Crippen LogP contribution in [0.2, 0.25) is 0 Å². The number of rotatable bonds is 7. The SMILES string of the molecule is COc1cc(N(CCN2CCCCC2)C(N)=O)cc(OC)c1OC.Cl. The van der Waals surface area contributed by atoms with Gasteiger partial charge < -0.3 is 24.8 Å². The number of hydrogen-bond acceptors (Lipinski definition) is 5. The van der Waals surface area contributed by atoms with Gasteiger partial charge in [-0.3, -0.25) is 4.90 Å². The second-order valence-electron chi connectivity index (χ2n) is 5.78. The highest BCUT2D eigenvalue weighted by Gasteiger charge is 2.20. The van der Waals surface area contributed by atoms with Crippen LogP contribution in [0.25, 0.3) is 0 Å². The minimum absolute atomic E-state index is 0. The van der Waals surface area contributed by atoms with E-state index in [1.54, 1.807) is 38.4 Å². The van der Waals surface area contributed by atoms with Crippen LogP contribution in [0.15, 0.2) is 12.1 Å². The monoisotopic (exact) mass is 373 g/mol. The van der Waals surface area contributed by atoms with E-state index in [-0.39, 0.29) is 12.4 Å². The third kappa shape index (κ3) is 5.31. The molecule has 0 unspecified atom stereocenters. The Balaban J connectivity index is 0.00000312. The van der Waals surface area contributed by atoms with Crippen LogP contribution in [0.1, 0.15) is 19.3 Å². The number of nitrogens with two attached hydrogens (primary N) is 1. The zero-order valence-corrected chi connectivity index (χ0v) is 15.9. The number of anilines is 1. The molecule has 0 bridgehead atoms. The molecule has 1 fully saturated rings. The van der Waals surface area contributed by atoms with Gasteiger partial charge in [-0.2, -0.15) is 0 Å². The Morgan fingerprint density at radius 1 is 1.08 bits per heavy atom. The molecule has 7 nitrogen and oxygen atoms in total. The first-order valence-corrected chi connectivity index (χ1v) is 8.20. The number of benzene rings is 1. The maximum absolute atomic E-state index is 11.9. The van der Waals surface area contributed by atoms with Crippen molar-refractivity contribution in [2.45, 2.75) is 19.3 Å². The first-order chi connectivity index (χ1) is 11.6. The number of carbonyl (C=O) groups is 1. The lowest BCUT2D eigenvalue weighted by molar-refractivity contribution is 0.229. The van der Waals surface area contributed by atoms with Gasteiger partial charge in [0.1, 0.15) is 0 Å². The summed E-state index contributed by atoms with van der Waals surface area (Å²) in [5.74, 6) is 1.48. The third-order valence-electron chi connectivity index (χ3n) is 4.32. The zero-order valence-electron chi connectivity index (χ0n) is 15.1. The molecule has 25 heavy (non-hydrogen) atoms. The van der Waals surface area contributed by atoms with Crippen molar-refractivity contribution in [2.75, 3.05) is 52.4 Å². The molecule has 0 radical (unpaired) electrons. The molecule has 8 heteroatoms. The summed E-state index contributed by atoms with van der Waals surface area (Å²) < 4.78 is 16.0. The lowest BCUT2D eigenvalue weighted by Gasteiger charge is -2.29. The summed E-state index contributed by atoms with van der Waals surface area (Å²) in [5.41, 5.74) is 6.23. The largest absolute Gasteiger partial charge is 0.493 e. The summed E-state index contributed by atoms with van der Waals surface area (Å²) in [6.45, 7) is 3.46. The van der Waals surface area contributed by atoms with Gasteiger partial charge >= 0.3 is 6.03 Å². The molecule has 1 heterocycles. The van der Waals surface area contributed by atoms with Crippen LogP contribution >= 0.6 is 12.4 Å². The Kier molecular flexibility index (Phi) is 8.65. The van der Waals surface area contributed by atoms with Gasteiger partial charge in [-0.05, 0) is 25.9 Å².